The van der Waals surface area contributed by atoms with Crippen molar-refractivity contribution < 1.29 is 4.79 Å². The number of anilines is 2. The third-order valence-corrected chi connectivity index (χ3v) is 4.64. The Balaban J connectivity index is 1.75. The molecule has 3 heterocycles. The fraction of sp³-hybridized carbons (Fsp3) is 0. The molecule has 0 amide bonds. The van der Waals surface area contributed by atoms with Crippen LogP contribution in [-0.2, 0) is 0 Å². The summed E-state index contributed by atoms with van der Waals surface area (Å²) in [6, 6.07) is 17.3. The van der Waals surface area contributed by atoms with Gasteiger partial charge in [0.15, 0.2) is 5.82 Å². The van der Waals surface area contributed by atoms with Crippen molar-refractivity contribution in [2.75, 3.05) is 5.32 Å². The average molecular weight is 365 g/mol. The number of hydrogen-bond acceptors (Lipinski definition) is 6. The first-order chi connectivity index (χ1) is 13.7. The molecule has 0 saturated carbocycles. The SMILES string of the molecule is N#Cc1ccc2c(c1)C(=O)c1nc3c(Nc4ccccn4)cccc3c(=O)n1-2. The fourth-order valence-corrected chi connectivity index (χ4v) is 3.36. The molecule has 5 rings (SSSR count). The number of pyridine rings is 1. The van der Waals surface area contributed by atoms with Crippen molar-refractivity contribution in [3.05, 3.63) is 88.1 Å². The lowest BCUT2D eigenvalue weighted by Gasteiger charge is -2.10. The van der Waals surface area contributed by atoms with Crippen molar-refractivity contribution in [2.24, 2.45) is 0 Å². The smallest absolute Gasteiger partial charge is 0.266 e. The van der Waals surface area contributed by atoms with E-state index in [4.69, 9.17) is 5.26 Å². The van der Waals surface area contributed by atoms with E-state index < -0.39 is 0 Å². The van der Waals surface area contributed by atoms with Crippen LogP contribution in [0, 0.1) is 11.3 Å². The van der Waals surface area contributed by atoms with Crippen LogP contribution in [-0.4, -0.2) is 20.3 Å². The first kappa shape index (κ1) is 15.9. The number of carbonyl (C=O) groups excluding carboxylic acids is 1. The lowest BCUT2D eigenvalue weighted by molar-refractivity contribution is 0.103. The number of nitrogens with zero attached hydrogens (tertiary/aromatic N) is 4. The minimum Gasteiger partial charge on any atom is -0.338 e. The van der Waals surface area contributed by atoms with Gasteiger partial charge in [0.1, 0.15) is 11.3 Å². The van der Waals surface area contributed by atoms with E-state index in [0.717, 1.165) is 0 Å². The molecule has 0 aliphatic carbocycles. The Hall–Kier alpha value is -4.31. The highest BCUT2D eigenvalue weighted by molar-refractivity contribution is 6.14. The largest absolute Gasteiger partial charge is 0.338 e. The van der Waals surface area contributed by atoms with Crippen LogP contribution >= 0.6 is 0 Å². The maximum Gasteiger partial charge on any atom is 0.266 e. The summed E-state index contributed by atoms with van der Waals surface area (Å²) in [5, 5.41) is 12.6. The number of nitrogens with one attached hydrogen (secondary N) is 1. The van der Waals surface area contributed by atoms with Crippen LogP contribution in [0.4, 0.5) is 11.5 Å². The molecule has 2 aromatic carbocycles. The van der Waals surface area contributed by atoms with E-state index in [-0.39, 0.29) is 17.2 Å². The molecule has 1 aliphatic heterocycles. The van der Waals surface area contributed by atoms with E-state index in [1.165, 1.54) is 10.6 Å². The number of nitriles is 1. The summed E-state index contributed by atoms with van der Waals surface area (Å²) in [4.78, 5) is 34.7. The molecule has 4 aromatic rings. The Morgan fingerprint density at radius 2 is 1.93 bits per heavy atom. The van der Waals surface area contributed by atoms with Gasteiger partial charge in [0.05, 0.1) is 34.0 Å². The first-order valence-corrected chi connectivity index (χ1v) is 8.50. The van der Waals surface area contributed by atoms with Gasteiger partial charge < -0.3 is 5.32 Å². The van der Waals surface area contributed by atoms with Crippen LogP contribution in [0.3, 0.4) is 0 Å². The molecule has 0 unspecified atom stereocenters. The maximum absolute atomic E-state index is 13.2. The number of carbonyl (C=O) groups is 1. The van der Waals surface area contributed by atoms with Crippen molar-refractivity contribution in [1.29, 1.82) is 5.26 Å². The van der Waals surface area contributed by atoms with Gasteiger partial charge in [0.25, 0.3) is 5.56 Å². The zero-order chi connectivity index (χ0) is 19.3. The summed E-state index contributed by atoms with van der Waals surface area (Å²) in [6.45, 7) is 0. The summed E-state index contributed by atoms with van der Waals surface area (Å²) in [5.74, 6) is 0.266. The van der Waals surface area contributed by atoms with E-state index in [1.807, 2.05) is 12.1 Å². The van der Waals surface area contributed by atoms with Gasteiger partial charge in [0.2, 0.25) is 5.78 Å². The van der Waals surface area contributed by atoms with Gasteiger partial charge in [0, 0.05) is 6.20 Å². The molecule has 0 radical (unpaired) electrons. The second-order valence-electron chi connectivity index (χ2n) is 6.29. The van der Waals surface area contributed by atoms with Gasteiger partial charge in [-0.15, -0.1) is 0 Å². The molecule has 7 heteroatoms. The number of benzene rings is 2. The molecule has 0 bridgehead atoms. The molecular weight excluding hydrogens is 354 g/mol. The molecule has 0 saturated heterocycles. The second kappa shape index (κ2) is 5.86. The third-order valence-electron chi connectivity index (χ3n) is 4.64. The Kier molecular flexibility index (Phi) is 3.33. The molecule has 0 spiro atoms. The molecule has 0 fully saturated rings. The monoisotopic (exact) mass is 365 g/mol. The summed E-state index contributed by atoms with van der Waals surface area (Å²) in [7, 11) is 0. The first-order valence-electron chi connectivity index (χ1n) is 8.50. The van der Waals surface area contributed by atoms with Crippen LogP contribution in [0.5, 0.6) is 0 Å². The van der Waals surface area contributed by atoms with Crippen LogP contribution in [0.1, 0.15) is 21.7 Å². The Labute approximate surface area is 158 Å². The van der Waals surface area contributed by atoms with Gasteiger partial charge in [-0.05, 0) is 42.5 Å². The summed E-state index contributed by atoms with van der Waals surface area (Å²) in [5.41, 5.74) is 1.75. The van der Waals surface area contributed by atoms with Crippen LogP contribution < -0.4 is 10.9 Å². The highest BCUT2D eigenvalue weighted by Gasteiger charge is 2.31. The predicted molar refractivity (Wildman–Crippen MR) is 103 cm³/mol. The third kappa shape index (κ3) is 2.22. The van der Waals surface area contributed by atoms with E-state index >= 15 is 0 Å². The van der Waals surface area contributed by atoms with E-state index in [0.29, 0.717) is 39.2 Å². The van der Waals surface area contributed by atoms with Gasteiger partial charge in [-0.25, -0.2) is 9.97 Å². The normalized spacial score (nSPS) is 11.8. The number of ketones is 1. The molecule has 7 nitrogen and oxygen atoms in total. The second-order valence-corrected chi connectivity index (χ2v) is 6.29. The number of aromatic nitrogens is 3. The molecule has 0 atom stereocenters. The van der Waals surface area contributed by atoms with Crippen molar-refractivity contribution >= 4 is 28.2 Å². The van der Waals surface area contributed by atoms with E-state index in [1.54, 1.807) is 48.7 Å². The van der Waals surface area contributed by atoms with E-state index in [9.17, 15) is 9.59 Å². The lowest BCUT2D eigenvalue weighted by Crippen LogP contribution is -2.21. The molecule has 28 heavy (non-hydrogen) atoms. The standard InChI is InChI=1S/C21H11N5O2/c22-11-12-7-8-16-14(10-12)19(27)20-25-18-13(21(28)26(16)20)4-3-5-15(18)24-17-6-1-2-9-23-17/h1-10H,(H,23,24). The molecular formula is C21H11N5O2. The molecule has 2 aromatic heterocycles. The van der Waals surface area contributed by atoms with E-state index in [2.05, 4.69) is 15.3 Å². The minimum atomic E-state index is -0.376. The fourth-order valence-electron chi connectivity index (χ4n) is 3.36. The van der Waals surface area contributed by atoms with Gasteiger partial charge in [-0.3, -0.25) is 14.2 Å². The molecule has 132 valence electrons. The lowest BCUT2D eigenvalue weighted by atomic mass is 10.1. The van der Waals surface area contributed by atoms with Crippen molar-refractivity contribution in [3.8, 4) is 11.8 Å². The summed E-state index contributed by atoms with van der Waals surface area (Å²) >= 11 is 0. The highest BCUT2D eigenvalue weighted by atomic mass is 16.1. The van der Waals surface area contributed by atoms with Gasteiger partial charge >= 0.3 is 0 Å². The molecule has 1 N–H and O–H groups in total. The zero-order valence-corrected chi connectivity index (χ0v) is 14.4. The Bertz CT molecular complexity index is 1380. The topological polar surface area (TPSA) is 101 Å². The van der Waals surface area contributed by atoms with Gasteiger partial charge in [-0.1, -0.05) is 12.1 Å². The number of hydrogen-bond donors (Lipinski definition) is 1. The summed E-state index contributed by atoms with van der Waals surface area (Å²) < 4.78 is 1.31. The number of rotatable bonds is 2. The minimum absolute atomic E-state index is 0.0397. The highest BCUT2D eigenvalue weighted by Crippen LogP contribution is 2.29. The Morgan fingerprint density at radius 3 is 2.71 bits per heavy atom. The number of para-hydroxylation sites is 1. The summed E-state index contributed by atoms with van der Waals surface area (Å²) in [6.07, 6.45) is 1.65. The number of fused-ring (bicyclic) bond motifs is 4. The quantitative estimate of drug-likeness (QED) is 0.516. The van der Waals surface area contributed by atoms with Crippen LogP contribution in [0.15, 0.2) is 65.6 Å². The van der Waals surface area contributed by atoms with Crippen LogP contribution in [0.25, 0.3) is 16.6 Å². The van der Waals surface area contributed by atoms with Crippen molar-refractivity contribution in [2.45, 2.75) is 0 Å². The predicted octanol–water partition coefficient (Wildman–Crippen LogP) is 2.94. The van der Waals surface area contributed by atoms with Crippen molar-refractivity contribution in [3.63, 3.8) is 0 Å². The average Bonchev–Trinajstić information content (AvgIpc) is 3.01. The van der Waals surface area contributed by atoms with Crippen LogP contribution in [0.2, 0.25) is 0 Å². The van der Waals surface area contributed by atoms with Crippen molar-refractivity contribution in [1.82, 2.24) is 14.5 Å². The zero-order valence-electron chi connectivity index (χ0n) is 14.4. The maximum atomic E-state index is 13.2. The Morgan fingerprint density at radius 1 is 1.04 bits per heavy atom. The molecule has 1 aliphatic rings. The van der Waals surface area contributed by atoms with Gasteiger partial charge in [-0.2, -0.15) is 5.26 Å².